The maximum Gasteiger partial charge on any atom is 0.391 e. The van der Waals surface area contributed by atoms with E-state index in [0.29, 0.717) is 5.56 Å². The summed E-state index contributed by atoms with van der Waals surface area (Å²) in [5.41, 5.74) is 0.712. The molecule has 78 valence electrons. The van der Waals surface area contributed by atoms with Crippen LogP contribution < -0.4 is 0 Å². The molecule has 1 atom stereocenters. The largest absolute Gasteiger partial charge is 0.392 e. The number of hydrogen-bond acceptors (Lipinski definition) is 1. The van der Waals surface area contributed by atoms with E-state index >= 15 is 0 Å². The number of alkyl halides is 3. The van der Waals surface area contributed by atoms with Crippen LogP contribution >= 0.6 is 0 Å². The van der Waals surface area contributed by atoms with Crippen LogP contribution in [0.4, 0.5) is 13.2 Å². The van der Waals surface area contributed by atoms with E-state index in [-0.39, 0.29) is 6.42 Å². The molecule has 14 heavy (non-hydrogen) atoms. The zero-order valence-electron chi connectivity index (χ0n) is 7.46. The second-order valence-electron chi connectivity index (χ2n) is 3.16. The van der Waals surface area contributed by atoms with Gasteiger partial charge < -0.3 is 5.11 Å². The van der Waals surface area contributed by atoms with Gasteiger partial charge in [0.15, 0.2) is 0 Å². The minimum atomic E-state index is -4.30. The normalized spacial score (nSPS) is 14.0. The van der Waals surface area contributed by atoms with Gasteiger partial charge in [0.05, 0.1) is 12.5 Å². The summed E-state index contributed by atoms with van der Waals surface area (Å²) in [4.78, 5) is 0. The molecule has 0 aliphatic heterocycles. The van der Waals surface area contributed by atoms with E-state index in [1.54, 1.807) is 30.3 Å². The van der Waals surface area contributed by atoms with Gasteiger partial charge in [0.25, 0.3) is 0 Å². The lowest BCUT2D eigenvalue weighted by Gasteiger charge is -2.12. The Labute approximate surface area is 80.2 Å². The summed E-state index contributed by atoms with van der Waals surface area (Å²) in [5, 5.41) is 9.12. The minimum Gasteiger partial charge on any atom is -0.392 e. The van der Waals surface area contributed by atoms with E-state index in [1.807, 2.05) is 0 Å². The Morgan fingerprint density at radius 1 is 1.14 bits per heavy atom. The molecule has 0 aromatic heterocycles. The van der Waals surface area contributed by atoms with E-state index in [1.165, 1.54) is 0 Å². The monoisotopic (exact) mass is 204 g/mol. The first-order chi connectivity index (χ1) is 6.47. The van der Waals surface area contributed by atoms with Crippen molar-refractivity contribution in [2.24, 2.45) is 0 Å². The van der Waals surface area contributed by atoms with Crippen LogP contribution in [0.1, 0.15) is 12.0 Å². The van der Waals surface area contributed by atoms with Crippen molar-refractivity contribution in [2.75, 3.05) is 0 Å². The fourth-order valence-electron chi connectivity index (χ4n) is 1.23. The number of aliphatic hydroxyl groups excluding tert-OH is 1. The molecule has 1 N–H and O–H groups in total. The first kappa shape index (κ1) is 11.0. The van der Waals surface area contributed by atoms with Gasteiger partial charge in [-0.25, -0.2) is 0 Å². The molecule has 1 rings (SSSR count). The molecule has 1 nitrogen and oxygen atoms in total. The lowest BCUT2D eigenvalue weighted by Crippen LogP contribution is -2.21. The van der Waals surface area contributed by atoms with Gasteiger partial charge >= 0.3 is 6.18 Å². The predicted molar refractivity (Wildman–Crippen MR) is 46.8 cm³/mol. The highest BCUT2D eigenvalue weighted by atomic mass is 19.4. The SMILES string of the molecule is OC(Cc1ccccc1)CC(F)(F)F. The van der Waals surface area contributed by atoms with Crippen LogP contribution in [-0.4, -0.2) is 17.4 Å². The van der Waals surface area contributed by atoms with Crippen molar-refractivity contribution < 1.29 is 18.3 Å². The fourth-order valence-corrected chi connectivity index (χ4v) is 1.23. The van der Waals surface area contributed by atoms with Gasteiger partial charge in [0.2, 0.25) is 0 Å². The van der Waals surface area contributed by atoms with Crippen molar-refractivity contribution in [3.8, 4) is 0 Å². The van der Waals surface area contributed by atoms with Crippen LogP contribution in [0, 0.1) is 0 Å². The average molecular weight is 204 g/mol. The smallest absolute Gasteiger partial charge is 0.391 e. The van der Waals surface area contributed by atoms with Gasteiger partial charge in [-0.2, -0.15) is 13.2 Å². The van der Waals surface area contributed by atoms with Crippen molar-refractivity contribution in [2.45, 2.75) is 25.1 Å². The fraction of sp³-hybridized carbons (Fsp3) is 0.400. The molecular formula is C10H11F3O. The van der Waals surface area contributed by atoms with E-state index in [4.69, 9.17) is 5.11 Å². The Morgan fingerprint density at radius 2 is 1.71 bits per heavy atom. The van der Waals surface area contributed by atoms with Crippen molar-refractivity contribution in [1.82, 2.24) is 0 Å². The van der Waals surface area contributed by atoms with Crippen LogP contribution in [0.15, 0.2) is 30.3 Å². The molecule has 0 aliphatic rings. The van der Waals surface area contributed by atoms with Crippen LogP contribution in [0.2, 0.25) is 0 Å². The van der Waals surface area contributed by atoms with E-state index < -0.39 is 18.7 Å². The number of halogens is 3. The van der Waals surface area contributed by atoms with Crippen LogP contribution in [0.3, 0.4) is 0 Å². The van der Waals surface area contributed by atoms with Gasteiger partial charge in [-0.3, -0.25) is 0 Å². The summed E-state index contributed by atoms with van der Waals surface area (Å²) in [5.74, 6) is 0. The molecule has 0 bridgehead atoms. The quantitative estimate of drug-likeness (QED) is 0.802. The first-order valence-electron chi connectivity index (χ1n) is 4.26. The van der Waals surface area contributed by atoms with Gasteiger partial charge in [-0.15, -0.1) is 0 Å². The third kappa shape index (κ3) is 4.28. The van der Waals surface area contributed by atoms with Crippen molar-refractivity contribution in [3.63, 3.8) is 0 Å². The third-order valence-electron chi connectivity index (χ3n) is 1.78. The molecule has 1 aromatic carbocycles. The molecular weight excluding hydrogens is 193 g/mol. The lowest BCUT2D eigenvalue weighted by molar-refractivity contribution is -0.153. The molecule has 0 heterocycles. The number of benzene rings is 1. The molecule has 4 heteroatoms. The second kappa shape index (κ2) is 4.46. The van der Waals surface area contributed by atoms with Crippen molar-refractivity contribution in [1.29, 1.82) is 0 Å². The average Bonchev–Trinajstić information content (AvgIpc) is 2.02. The van der Waals surface area contributed by atoms with E-state index in [9.17, 15) is 13.2 Å². The molecule has 0 radical (unpaired) electrons. The lowest BCUT2D eigenvalue weighted by atomic mass is 10.1. The van der Waals surface area contributed by atoms with Crippen LogP contribution in [-0.2, 0) is 6.42 Å². The predicted octanol–water partition coefficient (Wildman–Crippen LogP) is 2.54. The zero-order chi connectivity index (χ0) is 10.6. The standard InChI is InChI=1S/C10H11F3O/c11-10(12,13)7-9(14)6-8-4-2-1-3-5-8/h1-5,9,14H,6-7H2. The number of aliphatic hydroxyl groups is 1. The highest BCUT2D eigenvalue weighted by Crippen LogP contribution is 2.22. The summed E-state index contributed by atoms with van der Waals surface area (Å²) < 4.78 is 35.5. The Kier molecular flexibility index (Phi) is 3.52. The highest BCUT2D eigenvalue weighted by molar-refractivity contribution is 5.15. The second-order valence-corrected chi connectivity index (χ2v) is 3.16. The summed E-state index contributed by atoms with van der Waals surface area (Å²) >= 11 is 0. The Bertz CT molecular complexity index is 268. The third-order valence-corrected chi connectivity index (χ3v) is 1.78. The van der Waals surface area contributed by atoms with Gasteiger partial charge in [-0.05, 0) is 12.0 Å². The molecule has 0 saturated heterocycles. The zero-order valence-corrected chi connectivity index (χ0v) is 7.46. The Morgan fingerprint density at radius 3 is 2.21 bits per heavy atom. The maximum absolute atomic E-state index is 11.8. The summed E-state index contributed by atoms with van der Waals surface area (Å²) in [6.07, 6.45) is -6.76. The summed E-state index contributed by atoms with van der Waals surface area (Å²) in [6.45, 7) is 0. The Balaban J connectivity index is 2.46. The molecule has 1 aromatic rings. The van der Waals surface area contributed by atoms with Gasteiger partial charge in [0, 0.05) is 0 Å². The first-order valence-corrected chi connectivity index (χ1v) is 4.26. The molecule has 0 aliphatic carbocycles. The minimum absolute atomic E-state index is 0.0420. The molecule has 0 spiro atoms. The van der Waals surface area contributed by atoms with Gasteiger partial charge in [0.1, 0.15) is 0 Å². The molecule has 0 saturated carbocycles. The summed E-state index contributed by atoms with van der Waals surface area (Å²) in [6, 6.07) is 8.63. The van der Waals surface area contributed by atoms with E-state index in [0.717, 1.165) is 0 Å². The van der Waals surface area contributed by atoms with Gasteiger partial charge in [-0.1, -0.05) is 30.3 Å². The highest BCUT2D eigenvalue weighted by Gasteiger charge is 2.30. The van der Waals surface area contributed by atoms with Crippen LogP contribution in [0.25, 0.3) is 0 Å². The number of rotatable bonds is 3. The topological polar surface area (TPSA) is 20.2 Å². The van der Waals surface area contributed by atoms with Crippen LogP contribution in [0.5, 0.6) is 0 Å². The molecule has 1 unspecified atom stereocenters. The Hall–Kier alpha value is -1.03. The summed E-state index contributed by atoms with van der Waals surface area (Å²) in [7, 11) is 0. The van der Waals surface area contributed by atoms with E-state index in [2.05, 4.69) is 0 Å². The number of hydrogen-bond donors (Lipinski definition) is 1. The maximum atomic E-state index is 11.8. The molecule has 0 fully saturated rings. The van der Waals surface area contributed by atoms with Crippen molar-refractivity contribution in [3.05, 3.63) is 35.9 Å². The molecule has 0 amide bonds. The van der Waals surface area contributed by atoms with Crippen molar-refractivity contribution >= 4 is 0 Å².